The summed E-state index contributed by atoms with van der Waals surface area (Å²) in [6.45, 7) is 2.89. The molecule has 1 aromatic heterocycles. The van der Waals surface area contributed by atoms with Gasteiger partial charge in [0.05, 0.1) is 25.2 Å². The number of thiazole rings is 1. The first-order valence-electron chi connectivity index (χ1n) is 14.6. The lowest BCUT2D eigenvalue weighted by atomic mass is 9.78. The van der Waals surface area contributed by atoms with E-state index in [1.54, 1.807) is 21.3 Å². The molecular weight excluding hydrogens is 520 g/mol. The van der Waals surface area contributed by atoms with E-state index in [1.807, 2.05) is 6.20 Å². The molecule has 0 N–H and O–H groups in total. The van der Waals surface area contributed by atoms with E-state index in [9.17, 15) is 4.79 Å². The average molecular weight is 563 g/mol. The molecule has 0 aliphatic heterocycles. The Balaban J connectivity index is 1.33. The van der Waals surface area contributed by atoms with Crippen LogP contribution in [0.2, 0.25) is 0 Å². The molecule has 0 radical (unpaired) electrons. The number of aromatic nitrogens is 1. The summed E-state index contributed by atoms with van der Waals surface area (Å²) in [7, 11) is 5.15. The van der Waals surface area contributed by atoms with Crippen LogP contribution in [-0.2, 0) is 9.53 Å². The number of hydrogen-bond acceptors (Lipinski definition) is 6. The average Bonchev–Trinajstić information content (AvgIpc) is 3.50. The summed E-state index contributed by atoms with van der Waals surface area (Å²) in [5.41, 5.74) is 4.65. The Labute approximate surface area is 242 Å². The van der Waals surface area contributed by atoms with E-state index in [2.05, 4.69) is 59.3 Å². The monoisotopic (exact) mass is 562 g/mol. The van der Waals surface area contributed by atoms with E-state index < -0.39 is 0 Å². The first kappa shape index (κ1) is 28.6. The van der Waals surface area contributed by atoms with E-state index in [4.69, 9.17) is 14.2 Å². The number of aryl methyl sites for hydroxylation is 1. The third-order valence-electron chi connectivity index (χ3n) is 8.90. The minimum Gasteiger partial charge on any atom is -0.496 e. The van der Waals surface area contributed by atoms with Crippen molar-refractivity contribution in [1.82, 2.24) is 4.98 Å². The van der Waals surface area contributed by atoms with Gasteiger partial charge in [-0.05, 0) is 105 Å². The van der Waals surface area contributed by atoms with E-state index in [0.29, 0.717) is 17.0 Å². The molecular formula is C33H42N2O4S. The Morgan fingerprint density at radius 3 is 2.38 bits per heavy atom. The highest BCUT2D eigenvalue weighted by molar-refractivity contribution is 7.16. The molecule has 6 nitrogen and oxygen atoms in total. The number of benzene rings is 2. The van der Waals surface area contributed by atoms with Crippen molar-refractivity contribution >= 4 is 22.9 Å². The van der Waals surface area contributed by atoms with Gasteiger partial charge in [0.25, 0.3) is 5.19 Å². The second kappa shape index (κ2) is 13.2. The molecule has 1 heterocycles. The van der Waals surface area contributed by atoms with Gasteiger partial charge in [0.15, 0.2) is 0 Å². The third kappa shape index (κ3) is 6.52. The zero-order chi connectivity index (χ0) is 28.1. The van der Waals surface area contributed by atoms with Crippen molar-refractivity contribution in [2.75, 3.05) is 32.8 Å². The van der Waals surface area contributed by atoms with Gasteiger partial charge in [-0.15, -0.1) is 0 Å². The topological polar surface area (TPSA) is 60.9 Å². The zero-order valence-electron chi connectivity index (χ0n) is 24.2. The molecule has 5 rings (SSSR count). The van der Waals surface area contributed by atoms with E-state index in [1.165, 1.54) is 22.5 Å². The lowest BCUT2D eigenvalue weighted by molar-refractivity contribution is -0.124. The van der Waals surface area contributed by atoms with Crippen molar-refractivity contribution in [2.24, 2.45) is 11.8 Å². The van der Waals surface area contributed by atoms with Gasteiger partial charge < -0.3 is 19.1 Å². The fourth-order valence-electron chi connectivity index (χ4n) is 6.49. The molecule has 2 aliphatic carbocycles. The molecule has 0 unspecified atom stereocenters. The molecule has 7 heteroatoms. The van der Waals surface area contributed by atoms with Gasteiger partial charge in [-0.2, -0.15) is 0 Å². The molecule has 0 spiro atoms. The molecule has 2 saturated carbocycles. The number of anilines is 1. The Bertz CT molecular complexity index is 1270. The van der Waals surface area contributed by atoms with Crippen molar-refractivity contribution in [2.45, 2.75) is 70.3 Å². The number of carbonyl (C=O) groups excluding carboxylic acids is 1. The number of rotatable bonds is 9. The molecule has 214 valence electrons. The highest BCUT2D eigenvalue weighted by atomic mass is 32.1. The molecule has 2 fully saturated rings. The van der Waals surface area contributed by atoms with Crippen molar-refractivity contribution in [3.8, 4) is 21.4 Å². The maximum Gasteiger partial charge on any atom is 0.273 e. The van der Waals surface area contributed by atoms with Crippen LogP contribution in [0.15, 0.2) is 48.7 Å². The van der Waals surface area contributed by atoms with Crippen LogP contribution in [0.1, 0.15) is 68.4 Å². The van der Waals surface area contributed by atoms with E-state index >= 15 is 0 Å². The Hall–Kier alpha value is -2.90. The SMILES string of the molecule is COc1ncc(-c2cccc(N(C[C@H]3CC[C@H](c4ccc(OC)c(C)c4)CC3)C(=O)[C@H]3CC[C@H](OC)CC3)c2)s1. The summed E-state index contributed by atoms with van der Waals surface area (Å²) in [6.07, 6.45) is 10.4. The first-order valence-corrected chi connectivity index (χ1v) is 15.4. The number of hydrogen-bond donors (Lipinski definition) is 0. The molecule has 40 heavy (non-hydrogen) atoms. The lowest BCUT2D eigenvalue weighted by Crippen LogP contribution is -2.42. The van der Waals surface area contributed by atoms with Crippen LogP contribution in [0.5, 0.6) is 10.9 Å². The molecule has 2 aromatic carbocycles. The van der Waals surface area contributed by atoms with Crippen LogP contribution in [0.3, 0.4) is 0 Å². The van der Waals surface area contributed by atoms with Crippen LogP contribution in [0.25, 0.3) is 10.4 Å². The molecule has 0 bridgehead atoms. The smallest absolute Gasteiger partial charge is 0.273 e. The molecule has 3 aromatic rings. The van der Waals surface area contributed by atoms with E-state index in [-0.39, 0.29) is 17.9 Å². The summed E-state index contributed by atoms with van der Waals surface area (Å²) in [4.78, 5) is 21.6. The summed E-state index contributed by atoms with van der Waals surface area (Å²) >= 11 is 1.52. The van der Waals surface area contributed by atoms with Crippen LogP contribution in [-0.4, -0.2) is 44.9 Å². The Kier molecular flexibility index (Phi) is 9.43. The summed E-state index contributed by atoms with van der Waals surface area (Å²) in [5.74, 6) is 2.32. The summed E-state index contributed by atoms with van der Waals surface area (Å²) < 4.78 is 16.4. The Morgan fingerprint density at radius 2 is 1.73 bits per heavy atom. The number of amides is 1. The largest absolute Gasteiger partial charge is 0.496 e. The van der Waals surface area contributed by atoms with Gasteiger partial charge in [-0.25, -0.2) is 4.98 Å². The van der Waals surface area contributed by atoms with Crippen LogP contribution < -0.4 is 14.4 Å². The van der Waals surface area contributed by atoms with Crippen LogP contribution in [0, 0.1) is 18.8 Å². The second-order valence-corrected chi connectivity index (χ2v) is 12.3. The van der Waals surface area contributed by atoms with Gasteiger partial charge in [0.2, 0.25) is 5.91 Å². The lowest BCUT2D eigenvalue weighted by Gasteiger charge is -2.36. The minimum absolute atomic E-state index is 0.0529. The number of methoxy groups -OCH3 is 3. The van der Waals surface area contributed by atoms with Gasteiger partial charge >= 0.3 is 0 Å². The van der Waals surface area contributed by atoms with Crippen molar-refractivity contribution in [1.29, 1.82) is 0 Å². The fourth-order valence-corrected chi connectivity index (χ4v) is 7.22. The molecule has 0 atom stereocenters. The van der Waals surface area contributed by atoms with Crippen LogP contribution in [0.4, 0.5) is 5.69 Å². The zero-order valence-corrected chi connectivity index (χ0v) is 25.0. The number of carbonyl (C=O) groups is 1. The standard InChI is InChI=1S/C33H42N2O4S/c1-22-18-26(14-17-30(22)38-3)24-10-8-23(9-11-24)21-35(32(36)25-12-15-29(37-2)16-13-25)28-7-5-6-27(19-28)31-20-34-33(39-4)40-31/h5-7,14,17-20,23-25,29H,8-13,15-16,21H2,1-4H3/t23-,24-,25-,29-. The molecule has 0 saturated heterocycles. The maximum atomic E-state index is 14.1. The van der Waals surface area contributed by atoms with Gasteiger partial charge in [-0.1, -0.05) is 35.6 Å². The molecule has 1 amide bonds. The first-order chi connectivity index (χ1) is 19.5. The second-order valence-electron chi connectivity index (χ2n) is 11.3. The highest BCUT2D eigenvalue weighted by Gasteiger charge is 2.33. The predicted molar refractivity (Wildman–Crippen MR) is 162 cm³/mol. The van der Waals surface area contributed by atoms with Crippen LogP contribution >= 0.6 is 11.3 Å². The minimum atomic E-state index is 0.0529. The fraction of sp³-hybridized carbons (Fsp3) is 0.515. The highest BCUT2D eigenvalue weighted by Crippen LogP contribution is 2.39. The van der Waals surface area contributed by atoms with Crippen molar-refractivity contribution in [3.05, 3.63) is 59.8 Å². The summed E-state index contributed by atoms with van der Waals surface area (Å²) in [6, 6.07) is 15.0. The van der Waals surface area contributed by atoms with Gasteiger partial charge in [-0.3, -0.25) is 4.79 Å². The number of nitrogens with zero attached hydrogens (tertiary/aromatic N) is 2. The predicted octanol–water partition coefficient (Wildman–Crippen LogP) is 7.65. The Morgan fingerprint density at radius 1 is 0.950 bits per heavy atom. The summed E-state index contributed by atoms with van der Waals surface area (Å²) in [5, 5.41) is 0.645. The van der Waals surface area contributed by atoms with Crippen molar-refractivity contribution in [3.63, 3.8) is 0 Å². The van der Waals surface area contributed by atoms with Crippen molar-refractivity contribution < 1.29 is 19.0 Å². The number of ether oxygens (including phenoxy) is 3. The van der Waals surface area contributed by atoms with Gasteiger partial charge in [0.1, 0.15) is 5.75 Å². The molecule has 2 aliphatic rings. The maximum absolute atomic E-state index is 14.1. The third-order valence-corrected chi connectivity index (χ3v) is 9.91. The normalized spacial score (nSPS) is 23.0. The van der Waals surface area contributed by atoms with Gasteiger partial charge in [0, 0.05) is 31.5 Å². The quantitative estimate of drug-likeness (QED) is 0.268. The van der Waals surface area contributed by atoms with E-state index in [0.717, 1.165) is 79.8 Å².